The van der Waals surface area contributed by atoms with Crippen molar-refractivity contribution in [1.29, 1.82) is 0 Å². The van der Waals surface area contributed by atoms with Crippen molar-refractivity contribution in [2.75, 3.05) is 0 Å². The van der Waals surface area contributed by atoms with Gasteiger partial charge in [0.1, 0.15) is 0 Å². The fraction of sp³-hybridized carbons (Fsp3) is 0.167. The zero-order valence-electron chi connectivity index (χ0n) is 11.5. The van der Waals surface area contributed by atoms with Crippen LogP contribution in [0.25, 0.3) is 0 Å². The average molecular weight is 322 g/mol. The summed E-state index contributed by atoms with van der Waals surface area (Å²) in [4.78, 5) is 38.8. The summed E-state index contributed by atoms with van der Waals surface area (Å²) in [7, 11) is 0. The van der Waals surface area contributed by atoms with Crippen molar-refractivity contribution in [3.8, 4) is 0 Å². The first kappa shape index (κ1) is 15.6. The molecule has 2 rings (SSSR count). The number of aryl methyl sites for hydroxylation is 1. The molecule has 0 amide bonds. The Balaban J connectivity index is 2.47. The highest BCUT2D eigenvalue weighted by molar-refractivity contribution is 7.99. The van der Waals surface area contributed by atoms with E-state index in [1.807, 2.05) is 0 Å². The van der Waals surface area contributed by atoms with E-state index >= 15 is 0 Å². The summed E-state index contributed by atoms with van der Waals surface area (Å²) >= 11 is 0.869. The number of nitrogens with zero attached hydrogens (tertiary/aromatic N) is 3. The average Bonchev–Trinajstić information content (AvgIpc) is 2.44. The Bertz CT molecular complexity index is 833. The molecule has 0 saturated heterocycles. The minimum absolute atomic E-state index is 0.155. The maximum Gasteiger partial charge on any atom is 0.290 e. The Kier molecular flexibility index (Phi) is 4.22. The third-order valence-electron chi connectivity index (χ3n) is 2.93. The second kappa shape index (κ2) is 5.93. The van der Waals surface area contributed by atoms with E-state index < -0.39 is 15.5 Å². The van der Waals surface area contributed by atoms with Crippen LogP contribution in [-0.4, -0.2) is 19.8 Å². The van der Waals surface area contributed by atoms with Gasteiger partial charge < -0.3 is 4.98 Å². The van der Waals surface area contributed by atoms with Crippen LogP contribution >= 0.6 is 11.8 Å². The summed E-state index contributed by atoms with van der Waals surface area (Å²) < 4.78 is 0. The van der Waals surface area contributed by atoms with E-state index in [2.05, 4.69) is 9.97 Å². The monoisotopic (exact) mass is 322 g/mol. The zero-order valence-corrected chi connectivity index (χ0v) is 12.3. The Morgan fingerprint density at radius 3 is 2.41 bits per heavy atom. The number of hydrogen-bond acceptors (Lipinski definition) is 7. The zero-order chi connectivity index (χ0) is 16.4. The molecule has 1 N–H and O–H groups in total. The first-order chi connectivity index (χ1) is 10.3. The van der Waals surface area contributed by atoms with Gasteiger partial charge in [0.25, 0.3) is 16.9 Å². The number of nitro benzene ring substituents is 2. The molecule has 0 unspecified atom stereocenters. The van der Waals surface area contributed by atoms with E-state index in [1.165, 1.54) is 6.07 Å². The molecular weight excluding hydrogens is 312 g/mol. The number of non-ortho nitro benzene ring substituents is 1. The van der Waals surface area contributed by atoms with E-state index in [0.29, 0.717) is 11.3 Å². The molecule has 1 aromatic carbocycles. The van der Waals surface area contributed by atoms with Crippen LogP contribution in [0.5, 0.6) is 0 Å². The number of hydrogen-bond donors (Lipinski definition) is 1. The molecule has 114 valence electrons. The van der Waals surface area contributed by atoms with Crippen molar-refractivity contribution in [2.45, 2.75) is 23.9 Å². The quantitative estimate of drug-likeness (QED) is 0.519. The summed E-state index contributed by atoms with van der Waals surface area (Å²) in [6.45, 7) is 3.27. The number of nitro groups is 2. The van der Waals surface area contributed by atoms with Crippen LogP contribution in [0.4, 0.5) is 11.4 Å². The lowest BCUT2D eigenvalue weighted by atomic mass is 10.3. The lowest BCUT2D eigenvalue weighted by Gasteiger charge is -2.04. The summed E-state index contributed by atoms with van der Waals surface area (Å²) in [5, 5.41) is 21.9. The highest BCUT2D eigenvalue weighted by Crippen LogP contribution is 2.35. The van der Waals surface area contributed by atoms with Gasteiger partial charge in [-0.2, -0.15) is 0 Å². The summed E-state index contributed by atoms with van der Waals surface area (Å²) in [5.74, 6) is 0. The van der Waals surface area contributed by atoms with Crippen LogP contribution in [0, 0.1) is 34.1 Å². The van der Waals surface area contributed by atoms with Crippen molar-refractivity contribution >= 4 is 23.1 Å². The van der Waals surface area contributed by atoms with Gasteiger partial charge in [-0.1, -0.05) is 0 Å². The van der Waals surface area contributed by atoms with Gasteiger partial charge in [0.2, 0.25) is 0 Å². The summed E-state index contributed by atoms with van der Waals surface area (Å²) in [6.07, 6.45) is 0. The Morgan fingerprint density at radius 2 is 1.86 bits per heavy atom. The molecule has 0 aliphatic heterocycles. The van der Waals surface area contributed by atoms with Crippen LogP contribution in [0.1, 0.15) is 11.3 Å². The van der Waals surface area contributed by atoms with Gasteiger partial charge in [0, 0.05) is 17.3 Å². The number of H-pyrrole nitrogens is 1. The molecule has 2 aromatic rings. The standard InChI is InChI=1S/C12H10N4O5S/c1-6-7(2)13-12(14-11(6)17)22-10-4-3-8(15(18)19)5-9(10)16(20)21/h3-5H,1-2H3,(H,13,14,17). The van der Waals surface area contributed by atoms with Crippen molar-refractivity contribution < 1.29 is 9.85 Å². The van der Waals surface area contributed by atoms with E-state index in [4.69, 9.17) is 0 Å². The number of nitrogens with one attached hydrogen (secondary N) is 1. The molecule has 10 heteroatoms. The van der Waals surface area contributed by atoms with E-state index in [9.17, 15) is 25.0 Å². The summed E-state index contributed by atoms with van der Waals surface area (Å²) in [6, 6.07) is 3.30. The molecule has 0 aliphatic rings. The van der Waals surface area contributed by atoms with Crippen LogP contribution in [-0.2, 0) is 0 Å². The molecule has 9 nitrogen and oxygen atoms in total. The second-order valence-corrected chi connectivity index (χ2v) is 5.38. The number of aromatic nitrogens is 2. The minimum Gasteiger partial charge on any atom is -0.301 e. The predicted molar refractivity (Wildman–Crippen MR) is 78.2 cm³/mol. The fourth-order valence-corrected chi connectivity index (χ4v) is 2.53. The Labute approximate surface area is 127 Å². The van der Waals surface area contributed by atoms with E-state index in [0.717, 1.165) is 23.9 Å². The maximum atomic E-state index is 11.7. The molecule has 0 radical (unpaired) electrons. The largest absolute Gasteiger partial charge is 0.301 e. The van der Waals surface area contributed by atoms with Gasteiger partial charge in [-0.3, -0.25) is 25.0 Å². The molecule has 1 aromatic heterocycles. The lowest BCUT2D eigenvalue weighted by Crippen LogP contribution is -2.14. The lowest BCUT2D eigenvalue weighted by molar-refractivity contribution is -0.396. The predicted octanol–water partition coefficient (Wildman–Crippen LogP) is 2.35. The molecule has 22 heavy (non-hydrogen) atoms. The third-order valence-corrected chi connectivity index (χ3v) is 3.88. The van der Waals surface area contributed by atoms with Gasteiger partial charge in [-0.05, 0) is 31.7 Å². The molecule has 0 fully saturated rings. The highest BCUT2D eigenvalue weighted by Gasteiger charge is 2.21. The number of aromatic amines is 1. The normalized spacial score (nSPS) is 10.5. The molecule has 0 aliphatic carbocycles. The van der Waals surface area contributed by atoms with Crippen LogP contribution in [0.3, 0.4) is 0 Å². The first-order valence-electron chi connectivity index (χ1n) is 5.98. The minimum atomic E-state index is -0.714. The smallest absolute Gasteiger partial charge is 0.290 e. The van der Waals surface area contributed by atoms with Crippen LogP contribution in [0.2, 0.25) is 0 Å². The SMILES string of the molecule is Cc1nc(Sc2ccc([N+](=O)[O-])cc2[N+](=O)[O-])[nH]c(=O)c1C. The third kappa shape index (κ3) is 3.11. The van der Waals surface area contributed by atoms with Crippen LogP contribution in [0.15, 0.2) is 33.0 Å². The van der Waals surface area contributed by atoms with Gasteiger partial charge in [-0.15, -0.1) is 0 Å². The van der Waals surface area contributed by atoms with Crippen molar-refractivity contribution in [3.63, 3.8) is 0 Å². The fourth-order valence-electron chi connectivity index (χ4n) is 1.62. The molecule has 0 saturated carbocycles. The van der Waals surface area contributed by atoms with Gasteiger partial charge in [-0.25, -0.2) is 4.98 Å². The van der Waals surface area contributed by atoms with Gasteiger partial charge in [0.15, 0.2) is 5.16 Å². The summed E-state index contributed by atoms with van der Waals surface area (Å²) in [5.41, 5.74) is -0.157. The molecule has 0 spiro atoms. The van der Waals surface area contributed by atoms with Crippen molar-refractivity contribution in [2.24, 2.45) is 0 Å². The Morgan fingerprint density at radius 1 is 1.18 bits per heavy atom. The molecule has 0 atom stereocenters. The maximum absolute atomic E-state index is 11.7. The van der Waals surface area contributed by atoms with E-state index in [1.54, 1.807) is 13.8 Å². The van der Waals surface area contributed by atoms with Crippen molar-refractivity contribution in [3.05, 3.63) is 60.0 Å². The number of rotatable bonds is 4. The second-order valence-electron chi connectivity index (χ2n) is 4.35. The first-order valence-corrected chi connectivity index (χ1v) is 6.79. The topological polar surface area (TPSA) is 132 Å². The Hall–Kier alpha value is -2.75. The molecule has 0 bridgehead atoms. The van der Waals surface area contributed by atoms with Gasteiger partial charge >= 0.3 is 0 Å². The molecular formula is C12H10N4O5S. The van der Waals surface area contributed by atoms with Crippen molar-refractivity contribution in [1.82, 2.24) is 9.97 Å². The van der Waals surface area contributed by atoms with Crippen LogP contribution < -0.4 is 5.56 Å². The highest BCUT2D eigenvalue weighted by atomic mass is 32.2. The number of benzene rings is 1. The van der Waals surface area contributed by atoms with Gasteiger partial charge in [0.05, 0.1) is 20.8 Å². The molecule has 1 heterocycles. The van der Waals surface area contributed by atoms with E-state index in [-0.39, 0.29) is 21.3 Å².